The summed E-state index contributed by atoms with van der Waals surface area (Å²) in [6, 6.07) is 11.3. The van der Waals surface area contributed by atoms with E-state index >= 15 is 0 Å². The Morgan fingerprint density at radius 1 is 1.26 bits per heavy atom. The minimum absolute atomic E-state index is 0.441. The molecular weight excluding hydrogens is 310 g/mol. The van der Waals surface area contributed by atoms with Gasteiger partial charge in [0.15, 0.2) is 0 Å². The summed E-state index contributed by atoms with van der Waals surface area (Å²) >= 11 is 1.51. The number of ether oxygens (including phenoxy) is 1. The van der Waals surface area contributed by atoms with Gasteiger partial charge >= 0.3 is 6.09 Å². The number of carbonyl (C=O) groups is 1. The van der Waals surface area contributed by atoms with E-state index < -0.39 is 11.7 Å². The summed E-state index contributed by atoms with van der Waals surface area (Å²) in [4.78, 5) is 18.9. The summed E-state index contributed by atoms with van der Waals surface area (Å²) in [5.74, 6) is 0. The van der Waals surface area contributed by atoms with Crippen molar-refractivity contribution in [3.8, 4) is 0 Å². The lowest BCUT2D eigenvalue weighted by Crippen LogP contribution is -2.34. The van der Waals surface area contributed by atoms with Gasteiger partial charge in [0.1, 0.15) is 10.6 Å². The van der Waals surface area contributed by atoms with E-state index in [4.69, 9.17) is 10.5 Å². The van der Waals surface area contributed by atoms with Gasteiger partial charge < -0.3 is 10.5 Å². The first-order valence-electron chi connectivity index (χ1n) is 7.21. The van der Waals surface area contributed by atoms with Crippen molar-refractivity contribution in [3.05, 3.63) is 42.6 Å². The average molecular weight is 331 g/mol. The maximum Gasteiger partial charge on any atom is 0.414 e. The zero-order valence-electron chi connectivity index (χ0n) is 13.7. The number of nitrogen functional groups attached to an aromatic ring is 1. The van der Waals surface area contributed by atoms with E-state index in [0.717, 1.165) is 9.92 Å². The van der Waals surface area contributed by atoms with Gasteiger partial charge in [0.25, 0.3) is 0 Å². The van der Waals surface area contributed by atoms with Crippen LogP contribution in [-0.4, -0.2) is 23.7 Å². The lowest BCUT2D eigenvalue weighted by molar-refractivity contribution is 0.0589. The van der Waals surface area contributed by atoms with Crippen LogP contribution in [0.1, 0.15) is 20.8 Å². The van der Waals surface area contributed by atoms with E-state index in [1.54, 1.807) is 19.3 Å². The van der Waals surface area contributed by atoms with Gasteiger partial charge in [-0.25, -0.2) is 9.78 Å². The predicted octanol–water partition coefficient (Wildman–Crippen LogP) is 4.19. The zero-order valence-corrected chi connectivity index (χ0v) is 14.6. The third kappa shape index (κ3) is 4.89. The summed E-state index contributed by atoms with van der Waals surface area (Å²) < 4.78 is 5.38. The minimum atomic E-state index is -0.555. The van der Waals surface area contributed by atoms with E-state index in [-0.39, 0.29) is 0 Å². The molecule has 2 N–H and O–H groups in total. The van der Waals surface area contributed by atoms with E-state index in [0.29, 0.717) is 11.4 Å². The van der Waals surface area contributed by atoms with Gasteiger partial charge in [-0.1, -0.05) is 17.8 Å². The fourth-order valence-corrected chi connectivity index (χ4v) is 2.64. The van der Waals surface area contributed by atoms with Crippen LogP contribution >= 0.6 is 11.8 Å². The minimum Gasteiger partial charge on any atom is -0.443 e. The molecule has 0 aliphatic rings. The molecule has 1 amide bonds. The Kier molecular flexibility index (Phi) is 5.15. The van der Waals surface area contributed by atoms with Gasteiger partial charge in [-0.3, -0.25) is 4.90 Å². The van der Waals surface area contributed by atoms with Gasteiger partial charge in [0.2, 0.25) is 0 Å². The van der Waals surface area contributed by atoms with Crippen LogP contribution in [-0.2, 0) is 4.74 Å². The number of rotatable bonds is 3. The number of hydrogen-bond donors (Lipinski definition) is 1. The highest BCUT2D eigenvalue weighted by Crippen LogP contribution is 2.32. The molecule has 122 valence electrons. The molecule has 0 saturated heterocycles. The number of hydrogen-bond acceptors (Lipinski definition) is 5. The molecule has 1 aromatic carbocycles. The summed E-state index contributed by atoms with van der Waals surface area (Å²) in [5.41, 5.74) is 6.58. The molecule has 1 aromatic heterocycles. The maximum absolute atomic E-state index is 12.2. The molecule has 1 heterocycles. The second-order valence-electron chi connectivity index (χ2n) is 6.03. The topological polar surface area (TPSA) is 68.5 Å². The molecule has 0 radical (unpaired) electrons. The molecule has 6 heteroatoms. The second kappa shape index (κ2) is 6.91. The predicted molar refractivity (Wildman–Crippen MR) is 93.9 cm³/mol. The van der Waals surface area contributed by atoms with Gasteiger partial charge in [-0.05, 0) is 51.1 Å². The number of amides is 1. The number of pyridine rings is 1. The van der Waals surface area contributed by atoms with Crippen LogP contribution in [0.3, 0.4) is 0 Å². The number of aromatic nitrogens is 1. The number of carbonyl (C=O) groups excluding carboxylic acids is 1. The Hall–Kier alpha value is -2.21. The molecule has 0 aliphatic heterocycles. The highest BCUT2D eigenvalue weighted by Gasteiger charge is 2.22. The van der Waals surface area contributed by atoms with E-state index in [9.17, 15) is 4.79 Å². The number of nitrogens with two attached hydrogens (primary N) is 1. The molecule has 5 nitrogen and oxygen atoms in total. The van der Waals surface area contributed by atoms with Crippen LogP contribution < -0.4 is 10.6 Å². The molecule has 0 saturated carbocycles. The smallest absolute Gasteiger partial charge is 0.414 e. The first-order chi connectivity index (χ1) is 10.8. The third-order valence-electron chi connectivity index (χ3n) is 2.89. The van der Waals surface area contributed by atoms with Gasteiger partial charge in [0.05, 0.1) is 11.4 Å². The lowest BCUT2D eigenvalue weighted by atomic mass is 10.2. The van der Waals surface area contributed by atoms with Crippen LogP contribution in [0.4, 0.5) is 16.2 Å². The zero-order chi connectivity index (χ0) is 17.0. The van der Waals surface area contributed by atoms with Crippen LogP contribution in [0, 0.1) is 0 Å². The standard InChI is InChI=1S/C17H21N3O2S/c1-17(2,3)22-16(21)20(4)14-11-12(8-9-13(14)18)23-15-7-5-6-10-19-15/h5-11H,18H2,1-4H3. The SMILES string of the molecule is CN(C(=O)OC(C)(C)C)c1cc(Sc2ccccn2)ccc1N. The maximum atomic E-state index is 12.2. The molecule has 0 aliphatic carbocycles. The molecule has 2 aromatic rings. The van der Waals surface area contributed by atoms with Gasteiger partial charge in [-0.15, -0.1) is 0 Å². The van der Waals surface area contributed by atoms with Crippen LogP contribution in [0.25, 0.3) is 0 Å². The number of nitrogens with zero attached hydrogens (tertiary/aromatic N) is 2. The van der Waals surface area contributed by atoms with Crippen molar-refractivity contribution in [1.82, 2.24) is 4.98 Å². The first-order valence-corrected chi connectivity index (χ1v) is 8.03. The molecule has 0 fully saturated rings. The Bertz CT molecular complexity index is 684. The van der Waals surface area contributed by atoms with Crippen molar-refractivity contribution < 1.29 is 9.53 Å². The van der Waals surface area contributed by atoms with Crippen LogP contribution in [0.5, 0.6) is 0 Å². The van der Waals surface area contributed by atoms with Crippen LogP contribution in [0.15, 0.2) is 52.5 Å². The summed E-state index contributed by atoms with van der Waals surface area (Å²) in [5, 5.41) is 0.878. The van der Waals surface area contributed by atoms with Gasteiger partial charge in [-0.2, -0.15) is 0 Å². The molecular formula is C17H21N3O2S. The highest BCUT2D eigenvalue weighted by atomic mass is 32.2. The van der Waals surface area contributed by atoms with Crippen LogP contribution in [0.2, 0.25) is 0 Å². The van der Waals surface area contributed by atoms with Crippen molar-refractivity contribution in [3.63, 3.8) is 0 Å². The largest absolute Gasteiger partial charge is 0.443 e. The van der Waals surface area contributed by atoms with Crippen molar-refractivity contribution in [1.29, 1.82) is 0 Å². The molecule has 23 heavy (non-hydrogen) atoms. The number of anilines is 2. The lowest BCUT2D eigenvalue weighted by Gasteiger charge is -2.25. The third-order valence-corrected chi connectivity index (χ3v) is 3.83. The number of benzene rings is 1. The quantitative estimate of drug-likeness (QED) is 0.854. The fraction of sp³-hybridized carbons (Fsp3) is 0.294. The van der Waals surface area contributed by atoms with E-state index in [1.807, 2.05) is 51.1 Å². The molecule has 0 bridgehead atoms. The Labute approximate surface area is 140 Å². The van der Waals surface area contributed by atoms with Crippen molar-refractivity contribution in [2.45, 2.75) is 36.3 Å². The van der Waals surface area contributed by atoms with E-state index in [2.05, 4.69) is 4.98 Å². The molecule has 2 rings (SSSR count). The van der Waals surface area contributed by atoms with Crippen molar-refractivity contribution in [2.75, 3.05) is 17.7 Å². The highest BCUT2D eigenvalue weighted by molar-refractivity contribution is 7.99. The second-order valence-corrected chi connectivity index (χ2v) is 7.12. The summed E-state index contributed by atoms with van der Waals surface area (Å²) in [6.45, 7) is 5.49. The Balaban J connectivity index is 2.21. The Morgan fingerprint density at radius 3 is 2.61 bits per heavy atom. The average Bonchev–Trinajstić information content (AvgIpc) is 2.48. The van der Waals surface area contributed by atoms with E-state index in [1.165, 1.54) is 16.7 Å². The molecule has 0 atom stereocenters. The fourth-order valence-electron chi connectivity index (χ4n) is 1.83. The first kappa shape index (κ1) is 17.1. The van der Waals surface area contributed by atoms with Crippen molar-refractivity contribution in [2.24, 2.45) is 0 Å². The normalized spacial score (nSPS) is 11.1. The summed E-state index contributed by atoms with van der Waals surface area (Å²) in [7, 11) is 1.65. The monoisotopic (exact) mass is 331 g/mol. The van der Waals surface area contributed by atoms with Crippen molar-refractivity contribution >= 4 is 29.2 Å². The Morgan fingerprint density at radius 2 is 2.00 bits per heavy atom. The molecule has 0 unspecified atom stereocenters. The van der Waals surface area contributed by atoms with Gasteiger partial charge in [0, 0.05) is 18.1 Å². The molecule has 0 spiro atoms. The summed E-state index contributed by atoms with van der Waals surface area (Å²) in [6.07, 6.45) is 1.30.